The van der Waals surface area contributed by atoms with Crippen LogP contribution in [0.3, 0.4) is 0 Å². The highest BCUT2D eigenvalue weighted by Crippen LogP contribution is 2.52. The first-order chi connectivity index (χ1) is 25.5. The molecule has 0 heterocycles. The van der Waals surface area contributed by atoms with E-state index in [1.807, 2.05) is 0 Å². The van der Waals surface area contributed by atoms with Gasteiger partial charge in [-0.15, -0.1) is 0 Å². The van der Waals surface area contributed by atoms with Gasteiger partial charge >= 0.3 is 0 Å². The summed E-state index contributed by atoms with van der Waals surface area (Å²) in [7, 11) is 0. The number of nitrogens with zero attached hydrogens (tertiary/aromatic N) is 2. The average Bonchev–Trinajstić information content (AvgIpc) is 3.11. The van der Waals surface area contributed by atoms with Gasteiger partial charge in [0, 0.05) is 44.3 Å². The summed E-state index contributed by atoms with van der Waals surface area (Å²) in [5, 5.41) is 4.90. The fourth-order valence-corrected chi connectivity index (χ4v) is 7.68. The van der Waals surface area contributed by atoms with Gasteiger partial charge in [-0.05, 0) is 158 Å². The minimum atomic E-state index is -0.0460. The lowest BCUT2D eigenvalue weighted by molar-refractivity contribution is 0.590. The van der Waals surface area contributed by atoms with Gasteiger partial charge in [0.15, 0.2) is 0 Å². The molecule has 0 fully saturated rings. The van der Waals surface area contributed by atoms with Crippen LogP contribution in [0.25, 0.3) is 21.5 Å². The van der Waals surface area contributed by atoms with Crippen molar-refractivity contribution in [2.75, 3.05) is 9.80 Å². The molecular weight excluding hydrogens is 653 g/mol. The molecule has 7 aromatic carbocycles. The molecule has 2 heteroatoms. The van der Waals surface area contributed by atoms with Crippen LogP contribution < -0.4 is 9.80 Å². The summed E-state index contributed by atoms with van der Waals surface area (Å²) in [5.74, 6) is 0. The summed E-state index contributed by atoms with van der Waals surface area (Å²) in [6.07, 6.45) is 0. The molecule has 0 saturated carbocycles. The predicted octanol–water partition coefficient (Wildman–Crippen LogP) is 15.4. The van der Waals surface area contributed by atoms with Gasteiger partial charge in [0.1, 0.15) is 0 Å². The molecule has 274 valence electrons. The molecule has 7 rings (SSSR count). The molecule has 0 aliphatic heterocycles. The topological polar surface area (TPSA) is 6.48 Å². The first kappa shape index (κ1) is 37.0. The van der Waals surface area contributed by atoms with Gasteiger partial charge in [-0.1, -0.05) is 102 Å². The quantitative estimate of drug-likeness (QED) is 0.125. The second-order valence-corrected chi connectivity index (χ2v) is 17.6. The second-order valence-electron chi connectivity index (χ2n) is 17.6. The number of anilines is 6. The van der Waals surface area contributed by atoms with E-state index >= 15 is 0 Å². The van der Waals surface area contributed by atoms with E-state index in [9.17, 15) is 0 Å². The van der Waals surface area contributed by atoms with Crippen LogP contribution in [0.4, 0.5) is 34.1 Å². The van der Waals surface area contributed by atoms with Crippen molar-refractivity contribution in [3.05, 3.63) is 166 Å². The van der Waals surface area contributed by atoms with Crippen molar-refractivity contribution in [3.8, 4) is 0 Å². The first-order valence-electron chi connectivity index (χ1n) is 19.4. The first-order valence-corrected chi connectivity index (χ1v) is 19.4. The Bertz CT molecular complexity index is 2360. The van der Waals surface area contributed by atoms with Crippen LogP contribution in [-0.2, 0) is 10.8 Å². The Morgan fingerprint density at radius 2 is 0.704 bits per heavy atom. The van der Waals surface area contributed by atoms with Crippen molar-refractivity contribution in [1.29, 1.82) is 0 Å². The summed E-state index contributed by atoms with van der Waals surface area (Å²) < 4.78 is 0. The normalized spacial score (nSPS) is 12.1. The third-order valence-electron chi connectivity index (χ3n) is 11.3. The highest BCUT2D eigenvalue weighted by molar-refractivity contribution is 6.23. The Kier molecular flexibility index (Phi) is 9.47. The highest BCUT2D eigenvalue weighted by atomic mass is 15.2. The van der Waals surface area contributed by atoms with Crippen LogP contribution in [0.15, 0.2) is 121 Å². The van der Waals surface area contributed by atoms with Crippen molar-refractivity contribution in [2.45, 2.75) is 93.9 Å². The summed E-state index contributed by atoms with van der Waals surface area (Å²) in [6.45, 7) is 27.2. The summed E-state index contributed by atoms with van der Waals surface area (Å²) in [4.78, 5) is 5.04. The fraction of sp³-hybridized carbons (Fsp3) is 0.269. The smallest absolute Gasteiger partial charge is 0.0620 e. The summed E-state index contributed by atoms with van der Waals surface area (Å²) in [5.41, 5.74) is 17.2. The van der Waals surface area contributed by atoms with Gasteiger partial charge in [0.25, 0.3) is 0 Å². The van der Waals surface area contributed by atoms with E-state index in [1.165, 1.54) is 77.4 Å². The largest absolute Gasteiger partial charge is 0.309 e. The van der Waals surface area contributed by atoms with E-state index in [4.69, 9.17) is 0 Å². The Labute approximate surface area is 324 Å². The standard InChI is InChI=1S/C52H56N2/c1-33-15-13-17-41(27-33)53(43-23-19-35(3)37(5)29-43)49-45-25-21-40(52(10,11)12)32-48(45)50(46-26-22-39(31-47(46)49)51(7,8)9)54(42-18-14-16-34(2)28-42)44-24-20-36(4)38(6)30-44/h13-32H,1-12H3. The molecule has 0 atom stereocenters. The molecule has 54 heavy (non-hydrogen) atoms. The third kappa shape index (κ3) is 6.91. The van der Waals surface area contributed by atoms with E-state index in [-0.39, 0.29) is 10.8 Å². The maximum Gasteiger partial charge on any atom is 0.0620 e. The molecule has 0 aliphatic carbocycles. The summed E-state index contributed by atoms with van der Waals surface area (Å²) >= 11 is 0. The Morgan fingerprint density at radius 1 is 0.333 bits per heavy atom. The third-order valence-corrected chi connectivity index (χ3v) is 11.3. The molecule has 0 aromatic heterocycles. The maximum atomic E-state index is 2.52. The van der Waals surface area contributed by atoms with Gasteiger partial charge in [0.2, 0.25) is 0 Å². The van der Waals surface area contributed by atoms with Crippen molar-refractivity contribution in [3.63, 3.8) is 0 Å². The SMILES string of the molecule is Cc1cccc(N(c2ccc(C)c(C)c2)c2c3ccc(C(C)(C)C)cc3c(N(c3cccc(C)c3)c3ccc(C)c(C)c3)c3ccc(C(C)(C)C)cc23)c1. The summed E-state index contributed by atoms with van der Waals surface area (Å²) in [6, 6.07) is 46.2. The van der Waals surface area contributed by atoms with Crippen molar-refractivity contribution >= 4 is 55.7 Å². The predicted molar refractivity (Wildman–Crippen MR) is 237 cm³/mol. The van der Waals surface area contributed by atoms with Crippen LogP contribution >= 0.6 is 0 Å². The molecule has 0 amide bonds. The second kappa shape index (κ2) is 13.8. The number of aryl methyl sites for hydroxylation is 6. The molecule has 0 unspecified atom stereocenters. The fourth-order valence-electron chi connectivity index (χ4n) is 7.68. The Morgan fingerprint density at radius 3 is 1.04 bits per heavy atom. The molecule has 7 aromatic rings. The molecule has 0 N–H and O–H groups in total. The molecule has 0 radical (unpaired) electrons. The zero-order valence-electron chi connectivity index (χ0n) is 34.4. The van der Waals surface area contributed by atoms with E-state index in [0.29, 0.717) is 0 Å². The number of benzene rings is 7. The minimum absolute atomic E-state index is 0.0460. The number of fused-ring (bicyclic) bond motifs is 2. The monoisotopic (exact) mass is 708 g/mol. The van der Waals surface area contributed by atoms with Crippen molar-refractivity contribution < 1.29 is 0 Å². The lowest BCUT2D eigenvalue weighted by Crippen LogP contribution is -2.17. The van der Waals surface area contributed by atoms with Crippen molar-refractivity contribution in [2.24, 2.45) is 0 Å². The zero-order valence-corrected chi connectivity index (χ0v) is 34.4. The van der Waals surface area contributed by atoms with Crippen LogP contribution in [-0.4, -0.2) is 0 Å². The van der Waals surface area contributed by atoms with Crippen LogP contribution in [0, 0.1) is 41.5 Å². The van der Waals surface area contributed by atoms with E-state index in [0.717, 1.165) is 22.7 Å². The van der Waals surface area contributed by atoms with Crippen LogP contribution in [0.1, 0.15) is 86.1 Å². The molecule has 0 saturated heterocycles. The lowest BCUT2D eigenvalue weighted by atomic mass is 9.82. The van der Waals surface area contributed by atoms with Gasteiger partial charge in [-0.3, -0.25) is 0 Å². The molecule has 0 aliphatic rings. The van der Waals surface area contributed by atoms with Gasteiger partial charge < -0.3 is 9.80 Å². The number of hydrogen-bond donors (Lipinski definition) is 0. The van der Waals surface area contributed by atoms with Crippen LogP contribution in [0.5, 0.6) is 0 Å². The number of hydrogen-bond acceptors (Lipinski definition) is 2. The molecule has 0 bridgehead atoms. The Hall–Kier alpha value is -5.34. The minimum Gasteiger partial charge on any atom is -0.309 e. The zero-order chi connectivity index (χ0) is 38.7. The maximum absolute atomic E-state index is 2.52. The average molecular weight is 709 g/mol. The molecule has 2 nitrogen and oxygen atoms in total. The Balaban J connectivity index is 1.74. The number of rotatable bonds is 6. The van der Waals surface area contributed by atoms with Crippen LogP contribution in [0.2, 0.25) is 0 Å². The lowest BCUT2D eigenvalue weighted by Gasteiger charge is -2.34. The highest BCUT2D eigenvalue weighted by Gasteiger charge is 2.28. The van der Waals surface area contributed by atoms with Gasteiger partial charge in [-0.2, -0.15) is 0 Å². The molecular formula is C52H56N2. The van der Waals surface area contributed by atoms with E-state index in [1.54, 1.807) is 0 Å². The van der Waals surface area contributed by atoms with E-state index < -0.39 is 0 Å². The molecule has 0 spiro atoms. The van der Waals surface area contributed by atoms with Gasteiger partial charge in [0.05, 0.1) is 11.4 Å². The van der Waals surface area contributed by atoms with E-state index in [2.05, 4.69) is 214 Å². The van der Waals surface area contributed by atoms with Crippen molar-refractivity contribution in [1.82, 2.24) is 0 Å². The van der Waals surface area contributed by atoms with Gasteiger partial charge in [-0.25, -0.2) is 0 Å².